The fourth-order valence-electron chi connectivity index (χ4n) is 0.733. The molecule has 5 N–H and O–H groups in total. The smallest absolute Gasteiger partial charge is 0.354 e. The van der Waals surface area contributed by atoms with E-state index in [4.69, 9.17) is 0 Å². The molecule has 0 aromatic carbocycles. The Bertz CT molecular complexity index is 287. The van der Waals surface area contributed by atoms with Crippen LogP contribution in [0.4, 0.5) is 5.69 Å². The van der Waals surface area contributed by atoms with Crippen LogP contribution in [0.25, 0.3) is 0 Å². The van der Waals surface area contributed by atoms with E-state index in [2.05, 4.69) is 10.5 Å². The standard InChI is InChI=1S/C7H9NO2S.ClH.H2O/c1-4-3-11-6(5(4)8)7(9)10-2;;/h3H,8H2,1-2H3;1H;1H2. The van der Waals surface area contributed by atoms with Gasteiger partial charge in [0.1, 0.15) is 0 Å². The number of esters is 1. The van der Waals surface area contributed by atoms with E-state index in [0.717, 1.165) is 11.3 Å². The molecule has 13 heavy (non-hydrogen) atoms. The Kier molecular flexibility index (Phi) is 6.79. The third-order valence-electron chi connectivity index (χ3n) is 1.47. The highest BCUT2D eigenvalue weighted by Gasteiger charge is 2.16. The number of halogens is 1. The normalized spacial score (nSPS) is 8.23. The lowest BCUT2D eigenvalue weighted by Gasteiger charge is -1.93. The van der Waals surface area contributed by atoms with E-state index < -0.39 is 0 Å². The number of carbonyl (C=O) groups is 1. The largest absolute Gasteiger partial charge is 1.00 e. The van der Waals surface area contributed by atoms with Gasteiger partial charge in [0.25, 0.3) is 0 Å². The van der Waals surface area contributed by atoms with Gasteiger partial charge in [-0.3, -0.25) is 0 Å². The van der Waals surface area contributed by atoms with Crippen LogP contribution >= 0.6 is 11.3 Å². The van der Waals surface area contributed by atoms with Gasteiger partial charge in [-0.2, -0.15) is 0 Å². The van der Waals surface area contributed by atoms with E-state index in [1.54, 1.807) is 0 Å². The Hall–Kier alpha value is -0.620. The van der Waals surface area contributed by atoms with Crippen molar-refractivity contribution in [2.75, 3.05) is 7.11 Å². The minimum atomic E-state index is -0.298. The number of quaternary nitrogens is 1. The van der Waals surface area contributed by atoms with Crippen LogP contribution in [-0.4, -0.2) is 18.6 Å². The second-order valence-corrected chi connectivity index (χ2v) is 3.10. The summed E-state index contributed by atoms with van der Waals surface area (Å²) in [5.74, 6) is -0.298. The number of carbonyl (C=O) groups excluding carboxylic acids is 1. The molecule has 0 aliphatic rings. The summed E-state index contributed by atoms with van der Waals surface area (Å²) in [5, 5.41) is 1.90. The predicted octanol–water partition coefficient (Wildman–Crippen LogP) is -3.10. The van der Waals surface area contributed by atoms with Crippen molar-refractivity contribution in [1.29, 1.82) is 0 Å². The Morgan fingerprint density at radius 2 is 2.15 bits per heavy atom. The van der Waals surface area contributed by atoms with Crippen molar-refractivity contribution in [3.63, 3.8) is 0 Å². The van der Waals surface area contributed by atoms with Crippen LogP contribution in [0.15, 0.2) is 5.38 Å². The van der Waals surface area contributed by atoms with Crippen molar-refractivity contribution in [3.05, 3.63) is 15.8 Å². The SMILES string of the molecule is COC(=O)c1scc(C)c1[NH3+].O.[Cl-]. The first-order valence-electron chi connectivity index (χ1n) is 3.15. The van der Waals surface area contributed by atoms with Gasteiger partial charge in [-0.05, 0) is 6.92 Å². The quantitative estimate of drug-likeness (QED) is 0.514. The fourth-order valence-corrected chi connectivity index (χ4v) is 1.65. The van der Waals surface area contributed by atoms with E-state index >= 15 is 0 Å². The first kappa shape index (κ1) is 14.9. The molecule has 0 saturated heterocycles. The highest BCUT2D eigenvalue weighted by Crippen LogP contribution is 2.22. The monoisotopic (exact) mass is 225 g/mol. The predicted molar refractivity (Wildman–Crippen MR) is 46.6 cm³/mol. The molecule has 0 aliphatic carbocycles. The van der Waals surface area contributed by atoms with Crippen molar-refractivity contribution in [2.24, 2.45) is 0 Å². The fraction of sp³-hybridized carbons (Fsp3) is 0.286. The number of aryl methyl sites for hydroxylation is 1. The number of hydrogen-bond acceptors (Lipinski definition) is 3. The van der Waals surface area contributed by atoms with Gasteiger partial charge in [0.2, 0.25) is 0 Å². The first-order valence-corrected chi connectivity index (χ1v) is 4.03. The highest BCUT2D eigenvalue weighted by molar-refractivity contribution is 7.12. The molecule has 0 bridgehead atoms. The molecule has 4 nitrogen and oxygen atoms in total. The van der Waals surface area contributed by atoms with Gasteiger partial charge < -0.3 is 28.4 Å². The molecule has 0 unspecified atom stereocenters. The van der Waals surface area contributed by atoms with E-state index in [1.165, 1.54) is 18.4 Å². The molecule has 1 heterocycles. The molecule has 0 fully saturated rings. The first-order chi connectivity index (χ1) is 5.16. The van der Waals surface area contributed by atoms with Crippen LogP contribution in [-0.2, 0) is 4.74 Å². The zero-order valence-electron chi connectivity index (χ0n) is 7.39. The average Bonchev–Trinajstić information content (AvgIpc) is 2.32. The van der Waals surface area contributed by atoms with E-state index in [9.17, 15) is 4.79 Å². The molecule has 6 heteroatoms. The maximum absolute atomic E-state index is 11.0. The van der Waals surface area contributed by atoms with Crippen LogP contribution in [0.2, 0.25) is 0 Å². The number of thiophene rings is 1. The summed E-state index contributed by atoms with van der Waals surface area (Å²) in [6.07, 6.45) is 0. The van der Waals surface area contributed by atoms with E-state index in [1.807, 2.05) is 12.3 Å². The summed E-state index contributed by atoms with van der Waals surface area (Å²) in [4.78, 5) is 11.6. The van der Waals surface area contributed by atoms with Gasteiger partial charge in [0, 0.05) is 10.9 Å². The van der Waals surface area contributed by atoms with Crippen molar-refractivity contribution < 1.29 is 33.1 Å². The van der Waals surface area contributed by atoms with Crippen LogP contribution < -0.4 is 18.1 Å². The van der Waals surface area contributed by atoms with Gasteiger partial charge in [-0.15, -0.1) is 11.3 Å². The molecule has 0 amide bonds. The number of ether oxygens (including phenoxy) is 1. The van der Waals surface area contributed by atoms with Gasteiger partial charge >= 0.3 is 5.97 Å². The molecule has 76 valence electrons. The molecule has 0 aliphatic heterocycles. The molecular formula is C7H12ClNO3S. The zero-order valence-corrected chi connectivity index (χ0v) is 8.96. The van der Waals surface area contributed by atoms with Crippen LogP contribution in [0.5, 0.6) is 0 Å². The Balaban J connectivity index is 0. The molecule has 0 saturated carbocycles. The number of methoxy groups -OCH3 is 1. The third-order valence-corrected chi connectivity index (χ3v) is 2.59. The zero-order chi connectivity index (χ0) is 8.43. The van der Waals surface area contributed by atoms with Crippen molar-refractivity contribution >= 4 is 23.0 Å². The van der Waals surface area contributed by atoms with Crippen LogP contribution in [0.1, 0.15) is 15.2 Å². The summed E-state index contributed by atoms with van der Waals surface area (Å²) >= 11 is 1.37. The summed E-state index contributed by atoms with van der Waals surface area (Å²) in [7, 11) is 1.37. The number of rotatable bonds is 1. The second-order valence-electron chi connectivity index (χ2n) is 2.22. The van der Waals surface area contributed by atoms with Crippen molar-refractivity contribution in [3.8, 4) is 0 Å². The lowest BCUT2D eigenvalue weighted by molar-refractivity contribution is -0.255. The Morgan fingerprint density at radius 1 is 1.62 bits per heavy atom. The average molecular weight is 226 g/mol. The topological polar surface area (TPSA) is 85.4 Å². The summed E-state index contributed by atoms with van der Waals surface area (Å²) in [6, 6.07) is 0. The number of hydrogen-bond donors (Lipinski definition) is 1. The maximum atomic E-state index is 11.0. The lowest BCUT2D eigenvalue weighted by Crippen LogP contribution is -3.00. The van der Waals surface area contributed by atoms with Crippen LogP contribution in [0.3, 0.4) is 0 Å². The molecule has 1 aromatic heterocycles. The third kappa shape index (κ3) is 2.96. The maximum Gasteiger partial charge on any atom is 0.354 e. The second kappa shape index (κ2) is 5.93. The van der Waals surface area contributed by atoms with E-state index in [0.29, 0.717) is 4.88 Å². The van der Waals surface area contributed by atoms with Gasteiger partial charge in [-0.1, -0.05) is 0 Å². The highest BCUT2D eigenvalue weighted by atomic mass is 35.5. The molecular weight excluding hydrogens is 214 g/mol. The summed E-state index contributed by atoms with van der Waals surface area (Å²) in [5.41, 5.74) is 5.58. The molecule has 0 atom stereocenters. The summed E-state index contributed by atoms with van der Waals surface area (Å²) < 4.78 is 4.56. The molecule has 0 spiro atoms. The Morgan fingerprint density at radius 3 is 2.46 bits per heavy atom. The lowest BCUT2D eigenvalue weighted by atomic mass is 10.3. The molecule has 1 rings (SSSR count). The molecule has 0 radical (unpaired) electrons. The van der Waals surface area contributed by atoms with E-state index in [-0.39, 0.29) is 23.9 Å². The molecule has 1 aromatic rings. The summed E-state index contributed by atoms with van der Waals surface area (Å²) in [6.45, 7) is 1.92. The van der Waals surface area contributed by atoms with Crippen molar-refractivity contribution in [1.82, 2.24) is 0 Å². The van der Waals surface area contributed by atoms with Gasteiger partial charge in [0.05, 0.1) is 7.11 Å². The van der Waals surface area contributed by atoms with Crippen LogP contribution in [0, 0.1) is 6.92 Å². The minimum Gasteiger partial charge on any atom is -1.00 e. The van der Waals surface area contributed by atoms with Gasteiger partial charge in [-0.25, -0.2) is 4.79 Å². The van der Waals surface area contributed by atoms with Gasteiger partial charge in [0.15, 0.2) is 10.6 Å². The minimum absolute atomic E-state index is 0. The van der Waals surface area contributed by atoms with Crippen molar-refractivity contribution in [2.45, 2.75) is 6.92 Å². The Labute approximate surface area is 86.4 Å².